The second-order valence-electron chi connectivity index (χ2n) is 6.09. The van der Waals surface area contributed by atoms with Crippen molar-refractivity contribution < 1.29 is 29.1 Å². The predicted octanol–water partition coefficient (Wildman–Crippen LogP) is -4.66. The summed E-state index contributed by atoms with van der Waals surface area (Å²) >= 11 is 3.97. The van der Waals surface area contributed by atoms with Gasteiger partial charge in [-0.1, -0.05) is 0 Å². The van der Waals surface area contributed by atoms with Gasteiger partial charge in [0.25, 0.3) is 0 Å². The fourth-order valence-electron chi connectivity index (χ4n) is 2.17. The Balaban J connectivity index is 5.12. The first kappa shape index (κ1) is 26.9. The van der Waals surface area contributed by atoms with E-state index >= 15 is 0 Å². The zero-order valence-electron chi connectivity index (χ0n) is 16.2. The van der Waals surface area contributed by atoms with E-state index in [1.54, 1.807) is 0 Å². The number of rotatable bonds is 14. The largest absolute Gasteiger partial charge is 0.480 e. The number of carboxylic acid groups (broad SMARTS) is 1. The molecule has 0 aromatic heterocycles. The lowest BCUT2D eigenvalue weighted by Gasteiger charge is -2.23. The van der Waals surface area contributed by atoms with Crippen LogP contribution < -0.4 is 38.9 Å². The molecule has 12 N–H and O–H groups in total. The van der Waals surface area contributed by atoms with Gasteiger partial charge >= 0.3 is 5.97 Å². The first-order chi connectivity index (χ1) is 14.0. The first-order valence-electron chi connectivity index (χ1n) is 8.79. The van der Waals surface area contributed by atoms with Crippen molar-refractivity contribution in [3.05, 3.63) is 0 Å². The molecule has 14 nitrogen and oxygen atoms in total. The van der Waals surface area contributed by atoms with Gasteiger partial charge in [0.2, 0.25) is 23.6 Å². The molecule has 0 bridgehead atoms. The zero-order chi connectivity index (χ0) is 23.3. The second kappa shape index (κ2) is 14.0. The Kier molecular flexibility index (Phi) is 12.6. The van der Waals surface area contributed by atoms with E-state index < -0.39 is 54.1 Å². The van der Waals surface area contributed by atoms with Crippen LogP contribution in [-0.4, -0.2) is 77.6 Å². The number of aliphatic imine (C=N–C) groups is 1. The van der Waals surface area contributed by atoms with E-state index in [4.69, 9.17) is 28.0 Å². The van der Waals surface area contributed by atoms with Crippen molar-refractivity contribution in [2.75, 3.05) is 18.8 Å². The Morgan fingerprint density at radius 2 is 1.50 bits per heavy atom. The molecule has 0 heterocycles. The summed E-state index contributed by atoms with van der Waals surface area (Å²) in [5.41, 5.74) is 20.6. The number of carboxylic acids is 1. The molecule has 0 aromatic rings. The number of nitrogens with zero attached hydrogens (tertiary/aromatic N) is 1. The van der Waals surface area contributed by atoms with Crippen LogP contribution in [0.2, 0.25) is 0 Å². The molecule has 170 valence electrons. The third kappa shape index (κ3) is 11.1. The third-order valence-electron chi connectivity index (χ3n) is 3.62. The van der Waals surface area contributed by atoms with Gasteiger partial charge in [-0.15, -0.1) is 0 Å². The lowest BCUT2D eigenvalue weighted by atomic mass is 10.1. The summed E-state index contributed by atoms with van der Waals surface area (Å²) < 4.78 is 0. The van der Waals surface area contributed by atoms with Crippen LogP contribution >= 0.6 is 12.6 Å². The Hall–Kier alpha value is -3.07. The number of guanidine groups is 1. The minimum Gasteiger partial charge on any atom is -0.480 e. The summed E-state index contributed by atoms with van der Waals surface area (Å²) in [5.74, 6) is -4.94. The van der Waals surface area contributed by atoms with Gasteiger partial charge in [-0.2, -0.15) is 12.6 Å². The number of aliphatic carboxylic acids is 1. The quantitative estimate of drug-likeness (QED) is 0.0534. The van der Waals surface area contributed by atoms with E-state index in [1.165, 1.54) is 0 Å². The average molecular weight is 449 g/mol. The summed E-state index contributed by atoms with van der Waals surface area (Å²) in [4.78, 5) is 62.3. The van der Waals surface area contributed by atoms with Crippen LogP contribution in [0.1, 0.15) is 19.3 Å². The fourth-order valence-corrected chi connectivity index (χ4v) is 2.42. The van der Waals surface area contributed by atoms with Crippen LogP contribution in [0.25, 0.3) is 0 Å². The molecule has 30 heavy (non-hydrogen) atoms. The lowest BCUT2D eigenvalue weighted by Crippen LogP contribution is -2.57. The lowest BCUT2D eigenvalue weighted by molar-refractivity contribution is -0.143. The fraction of sp³-hybridized carbons (Fsp3) is 0.600. The molecule has 0 radical (unpaired) electrons. The topological polar surface area (TPSA) is 258 Å². The maximum atomic E-state index is 12.5. The van der Waals surface area contributed by atoms with Gasteiger partial charge in [0.15, 0.2) is 5.96 Å². The number of hydrogen-bond donors (Lipinski definition) is 9. The van der Waals surface area contributed by atoms with Gasteiger partial charge < -0.3 is 44.0 Å². The van der Waals surface area contributed by atoms with E-state index in [-0.39, 0.29) is 31.2 Å². The molecule has 0 aliphatic carbocycles. The molecule has 15 heteroatoms. The zero-order valence-corrected chi connectivity index (χ0v) is 17.1. The number of thiol groups is 1. The van der Waals surface area contributed by atoms with Crippen molar-refractivity contribution >= 4 is 48.2 Å². The highest BCUT2D eigenvalue weighted by atomic mass is 32.1. The van der Waals surface area contributed by atoms with Gasteiger partial charge in [-0.05, 0) is 12.8 Å². The number of nitrogens with one attached hydrogen (secondary N) is 3. The maximum Gasteiger partial charge on any atom is 0.326 e. The number of amides is 4. The Bertz CT molecular complexity index is 670. The summed E-state index contributed by atoms with van der Waals surface area (Å²) in [6.45, 7) is -0.157. The van der Waals surface area contributed by atoms with Crippen LogP contribution in [0.15, 0.2) is 4.99 Å². The first-order valence-corrected chi connectivity index (χ1v) is 9.42. The van der Waals surface area contributed by atoms with Crippen molar-refractivity contribution in [2.24, 2.45) is 27.9 Å². The van der Waals surface area contributed by atoms with Gasteiger partial charge in [-0.3, -0.25) is 24.2 Å². The molecule has 0 spiro atoms. The van der Waals surface area contributed by atoms with Crippen molar-refractivity contribution in [3.8, 4) is 0 Å². The summed E-state index contributed by atoms with van der Waals surface area (Å²) in [5, 5.41) is 15.9. The van der Waals surface area contributed by atoms with E-state index in [2.05, 4.69) is 33.6 Å². The highest BCUT2D eigenvalue weighted by Gasteiger charge is 2.29. The minimum absolute atomic E-state index is 0.127. The summed E-state index contributed by atoms with van der Waals surface area (Å²) in [7, 11) is 0. The normalized spacial score (nSPS) is 13.3. The number of carbonyl (C=O) groups is 5. The maximum absolute atomic E-state index is 12.5. The van der Waals surface area contributed by atoms with Crippen molar-refractivity contribution in [3.63, 3.8) is 0 Å². The Morgan fingerprint density at radius 3 is 1.97 bits per heavy atom. The smallest absolute Gasteiger partial charge is 0.326 e. The number of carbonyl (C=O) groups excluding carboxylic acids is 4. The molecule has 0 saturated heterocycles. The number of hydrogen-bond acceptors (Lipinski definition) is 8. The van der Waals surface area contributed by atoms with Crippen molar-refractivity contribution in [2.45, 2.75) is 37.4 Å². The van der Waals surface area contributed by atoms with Crippen LogP contribution in [0.3, 0.4) is 0 Å². The highest BCUT2D eigenvalue weighted by molar-refractivity contribution is 7.80. The van der Waals surface area contributed by atoms with Crippen LogP contribution in [-0.2, 0) is 24.0 Å². The van der Waals surface area contributed by atoms with Crippen molar-refractivity contribution in [1.29, 1.82) is 0 Å². The molecule has 0 aromatic carbocycles. The number of primary amides is 1. The molecule has 4 amide bonds. The Morgan fingerprint density at radius 1 is 0.933 bits per heavy atom. The van der Waals surface area contributed by atoms with Gasteiger partial charge in [0, 0.05) is 12.3 Å². The van der Waals surface area contributed by atoms with Gasteiger partial charge in [0.05, 0.1) is 13.0 Å². The molecular formula is C15H28N8O6S. The molecular weight excluding hydrogens is 420 g/mol. The molecule has 0 saturated carbocycles. The average Bonchev–Trinajstić information content (AvgIpc) is 2.66. The SMILES string of the molecule is NCC(=O)NC(CCCN=C(N)N)C(=O)NC(CS)C(=O)NC(CC(N)=O)C(=O)O. The monoisotopic (exact) mass is 448 g/mol. The molecule has 0 aliphatic rings. The minimum atomic E-state index is -1.57. The second-order valence-corrected chi connectivity index (χ2v) is 6.45. The highest BCUT2D eigenvalue weighted by Crippen LogP contribution is 2.02. The van der Waals surface area contributed by atoms with Gasteiger partial charge in [0.1, 0.15) is 18.1 Å². The van der Waals surface area contributed by atoms with Crippen molar-refractivity contribution in [1.82, 2.24) is 16.0 Å². The molecule has 3 atom stereocenters. The molecule has 0 aliphatic heterocycles. The van der Waals surface area contributed by atoms with E-state index in [9.17, 15) is 24.0 Å². The van der Waals surface area contributed by atoms with E-state index in [0.717, 1.165) is 0 Å². The van der Waals surface area contributed by atoms with Crippen LogP contribution in [0.4, 0.5) is 0 Å². The molecule has 0 rings (SSSR count). The standard InChI is InChI=1S/C15H28N8O6S/c16-5-11(25)21-7(2-1-3-20-15(18)19)12(26)23-9(6-30)13(27)22-8(14(28)29)4-10(17)24/h7-9,30H,1-6,16H2,(H2,17,24)(H,21,25)(H,22,27)(H,23,26)(H,28,29)(H4,18,19,20). The molecule has 3 unspecified atom stereocenters. The Labute approximate surface area is 178 Å². The molecule has 0 fully saturated rings. The van der Waals surface area contributed by atoms with E-state index in [0.29, 0.717) is 6.42 Å². The van der Waals surface area contributed by atoms with Crippen LogP contribution in [0, 0.1) is 0 Å². The summed E-state index contributed by atoms with van der Waals surface area (Å²) in [6.07, 6.45) is -0.165. The van der Waals surface area contributed by atoms with Crippen LogP contribution in [0.5, 0.6) is 0 Å². The predicted molar refractivity (Wildman–Crippen MR) is 110 cm³/mol. The van der Waals surface area contributed by atoms with E-state index in [1.807, 2.05) is 0 Å². The van der Waals surface area contributed by atoms with Gasteiger partial charge in [-0.25, -0.2) is 4.79 Å². The third-order valence-corrected chi connectivity index (χ3v) is 3.98. The number of nitrogens with two attached hydrogens (primary N) is 4. The summed E-state index contributed by atoms with van der Waals surface area (Å²) in [6, 6.07) is -3.86.